The quantitative estimate of drug-likeness (QED) is 0.0129. The van der Waals surface area contributed by atoms with E-state index >= 15 is 0 Å². The predicted octanol–water partition coefficient (Wildman–Crippen LogP) is 10.2. The van der Waals surface area contributed by atoms with Crippen molar-refractivity contribution in [3.8, 4) is 0 Å². The molecule has 13 heteroatoms. The fourth-order valence-corrected chi connectivity index (χ4v) is 6.46. The van der Waals surface area contributed by atoms with Crippen LogP contribution in [-0.4, -0.2) is 88.1 Å². The first-order chi connectivity index (χ1) is 29.5. The van der Waals surface area contributed by atoms with Gasteiger partial charge in [-0.05, 0) is 64.2 Å². The average Bonchev–Trinajstić information content (AvgIpc) is 3.24. The first kappa shape index (κ1) is 58.1. The Morgan fingerprint density at radius 2 is 1.16 bits per heavy atom. The molecule has 0 saturated heterocycles. The van der Waals surface area contributed by atoms with Crippen LogP contribution in [0.2, 0.25) is 0 Å². The molecule has 0 rings (SSSR count). The van der Waals surface area contributed by atoms with Crippen molar-refractivity contribution in [2.24, 2.45) is 0 Å². The largest absolute Gasteiger partial charge is 0.472 e. The SMILES string of the molecule is CC/C=C\C[C@H](O)/C=C/C=C\C/C=C\C=C\[C@H](O)/C=C\CCCC(=O)O[C@H](COC(=O)CCCCCCCCC/C=C\CCCCCCCC)COP(=O)(O)OC[C@@H](O)CO. The van der Waals surface area contributed by atoms with Crippen molar-refractivity contribution >= 4 is 19.8 Å². The number of phosphoric ester groups is 1. The number of aliphatic hydroxyl groups excluding tert-OH is 4. The Bertz CT molecular complexity index is 1320. The number of aliphatic hydroxyl groups is 4. The van der Waals surface area contributed by atoms with E-state index in [0.717, 1.165) is 38.5 Å². The molecule has 0 heterocycles. The summed E-state index contributed by atoms with van der Waals surface area (Å²) in [5.74, 6) is -1.12. The van der Waals surface area contributed by atoms with E-state index in [2.05, 4.69) is 23.6 Å². The van der Waals surface area contributed by atoms with Gasteiger partial charge in [0.1, 0.15) is 12.7 Å². The average molecular weight is 881 g/mol. The molecule has 5 atom stereocenters. The highest BCUT2D eigenvalue weighted by molar-refractivity contribution is 7.47. The van der Waals surface area contributed by atoms with Crippen LogP contribution in [0.1, 0.15) is 155 Å². The highest BCUT2D eigenvalue weighted by Crippen LogP contribution is 2.43. The summed E-state index contributed by atoms with van der Waals surface area (Å²) in [7, 11) is -4.68. The zero-order valence-corrected chi connectivity index (χ0v) is 38.2. The van der Waals surface area contributed by atoms with E-state index in [1.54, 1.807) is 30.4 Å². The minimum absolute atomic E-state index is 0.00698. The Kier molecular flexibility index (Phi) is 40.3. The molecule has 0 radical (unpaired) electrons. The Balaban J connectivity index is 4.54. The highest BCUT2D eigenvalue weighted by Gasteiger charge is 2.27. The summed E-state index contributed by atoms with van der Waals surface area (Å²) < 4.78 is 32.6. The van der Waals surface area contributed by atoms with Crippen LogP contribution in [0.5, 0.6) is 0 Å². The minimum Gasteiger partial charge on any atom is -0.462 e. The molecule has 0 aliphatic heterocycles. The summed E-state index contributed by atoms with van der Waals surface area (Å²) in [6, 6.07) is 0. The van der Waals surface area contributed by atoms with Gasteiger partial charge >= 0.3 is 19.8 Å². The molecule has 0 aromatic carbocycles. The first-order valence-electron chi connectivity index (χ1n) is 22.8. The second-order valence-corrected chi connectivity index (χ2v) is 16.5. The van der Waals surface area contributed by atoms with E-state index in [9.17, 15) is 34.4 Å². The lowest BCUT2D eigenvalue weighted by Gasteiger charge is -2.20. The smallest absolute Gasteiger partial charge is 0.462 e. The number of allylic oxidation sites excluding steroid dienone is 10. The maximum atomic E-state index is 12.6. The van der Waals surface area contributed by atoms with Crippen LogP contribution in [0.4, 0.5) is 0 Å². The predicted molar refractivity (Wildman–Crippen MR) is 245 cm³/mol. The second kappa shape index (κ2) is 42.4. The van der Waals surface area contributed by atoms with Crippen molar-refractivity contribution in [3.05, 3.63) is 85.1 Å². The molecule has 0 bridgehead atoms. The number of esters is 2. The number of unbranched alkanes of at least 4 members (excludes halogenated alkanes) is 14. The van der Waals surface area contributed by atoms with Crippen molar-refractivity contribution in [2.45, 2.75) is 180 Å². The lowest BCUT2D eigenvalue weighted by molar-refractivity contribution is -0.161. The molecule has 0 spiro atoms. The summed E-state index contributed by atoms with van der Waals surface area (Å²) in [5.41, 5.74) is 0. The van der Waals surface area contributed by atoms with Crippen LogP contribution in [0, 0.1) is 0 Å². The number of ether oxygens (including phenoxy) is 2. The van der Waals surface area contributed by atoms with E-state index in [1.807, 2.05) is 49.5 Å². The molecule has 0 aliphatic carbocycles. The van der Waals surface area contributed by atoms with E-state index < -0.39 is 70.6 Å². The molecule has 0 aliphatic rings. The first-order valence-corrected chi connectivity index (χ1v) is 24.3. The molecule has 0 saturated carbocycles. The maximum absolute atomic E-state index is 12.6. The molecule has 0 aromatic heterocycles. The van der Waals surface area contributed by atoms with Crippen molar-refractivity contribution < 1.29 is 58.0 Å². The van der Waals surface area contributed by atoms with Crippen molar-refractivity contribution in [2.75, 3.05) is 26.4 Å². The molecule has 0 fully saturated rings. The van der Waals surface area contributed by atoms with Gasteiger partial charge in [0.15, 0.2) is 6.10 Å². The fourth-order valence-electron chi connectivity index (χ4n) is 5.67. The van der Waals surface area contributed by atoms with Gasteiger partial charge in [-0.2, -0.15) is 0 Å². The zero-order valence-electron chi connectivity index (χ0n) is 37.3. The van der Waals surface area contributed by atoms with Gasteiger partial charge in [0.2, 0.25) is 0 Å². The normalized spacial score (nSPS) is 15.6. The third-order valence-corrected chi connectivity index (χ3v) is 10.2. The molecular weight excluding hydrogens is 799 g/mol. The number of hydrogen-bond acceptors (Lipinski definition) is 11. The summed E-state index contributed by atoms with van der Waals surface area (Å²) >= 11 is 0. The van der Waals surface area contributed by atoms with E-state index in [1.165, 1.54) is 57.8 Å². The zero-order chi connectivity index (χ0) is 45.1. The lowest BCUT2D eigenvalue weighted by atomic mass is 10.1. The van der Waals surface area contributed by atoms with Gasteiger partial charge in [-0.15, -0.1) is 0 Å². The summed E-state index contributed by atoms with van der Waals surface area (Å²) in [5, 5.41) is 38.4. The van der Waals surface area contributed by atoms with Gasteiger partial charge in [0.25, 0.3) is 0 Å². The monoisotopic (exact) mass is 881 g/mol. The van der Waals surface area contributed by atoms with Gasteiger partial charge in [0, 0.05) is 12.8 Å². The van der Waals surface area contributed by atoms with Crippen LogP contribution in [-0.2, 0) is 32.7 Å². The van der Waals surface area contributed by atoms with E-state index in [0.29, 0.717) is 32.1 Å². The number of carbonyl (C=O) groups is 2. The van der Waals surface area contributed by atoms with Crippen LogP contribution in [0.15, 0.2) is 85.1 Å². The summed E-state index contributed by atoms with van der Waals surface area (Å²) in [6.07, 6.45) is 43.3. The minimum atomic E-state index is -4.68. The van der Waals surface area contributed by atoms with Crippen molar-refractivity contribution in [1.82, 2.24) is 0 Å². The summed E-state index contributed by atoms with van der Waals surface area (Å²) in [4.78, 5) is 35.0. The molecule has 1 unspecified atom stereocenters. The standard InChI is InChI=1S/C48H81O12P/c1-3-5-7-8-9-10-11-12-13-14-15-16-17-18-22-25-31-37-47(53)57-41-46(42-59-61(55,56)58-40-45(52)39-49)60-48(54)38-32-26-30-36-44(51)35-29-24-21-19-20-23-28-34-43(50)33-27-6-4-2/h6,12-13,20-21,23-24,27-30,34-36,43-46,49-52H,3-5,7-11,14-19,22,25-26,31-33,37-42H2,1-2H3,(H,55,56)/b13-12-,23-20-,24-21-,27-6-,34-28+,35-29+,36-30-/t43-,44-,45-,46+/m0/s1. The molecular formula is C48H81O12P. The Labute approximate surface area is 367 Å². The Morgan fingerprint density at radius 3 is 1.80 bits per heavy atom. The van der Waals surface area contributed by atoms with Gasteiger partial charge in [-0.1, -0.05) is 163 Å². The van der Waals surface area contributed by atoms with Crippen molar-refractivity contribution in [1.29, 1.82) is 0 Å². The Morgan fingerprint density at radius 1 is 0.590 bits per heavy atom. The van der Waals surface area contributed by atoms with Crippen LogP contribution in [0.3, 0.4) is 0 Å². The number of carbonyl (C=O) groups excluding carboxylic acids is 2. The number of hydrogen-bond donors (Lipinski definition) is 5. The van der Waals surface area contributed by atoms with Gasteiger partial charge < -0.3 is 34.8 Å². The molecule has 5 N–H and O–H groups in total. The third-order valence-electron chi connectivity index (χ3n) is 9.21. The Hall–Kier alpha value is -2.93. The van der Waals surface area contributed by atoms with Crippen LogP contribution < -0.4 is 0 Å². The van der Waals surface area contributed by atoms with E-state index in [4.69, 9.17) is 19.1 Å². The highest BCUT2D eigenvalue weighted by atomic mass is 31.2. The molecule has 0 amide bonds. The molecule has 0 aromatic rings. The van der Waals surface area contributed by atoms with Crippen LogP contribution >= 0.6 is 7.82 Å². The van der Waals surface area contributed by atoms with Crippen LogP contribution in [0.25, 0.3) is 0 Å². The van der Waals surface area contributed by atoms with E-state index in [-0.39, 0.29) is 12.8 Å². The number of rotatable bonds is 41. The van der Waals surface area contributed by atoms with Gasteiger partial charge in [0.05, 0.1) is 32.0 Å². The van der Waals surface area contributed by atoms with Gasteiger partial charge in [-0.25, -0.2) is 4.57 Å². The lowest BCUT2D eigenvalue weighted by Crippen LogP contribution is -2.29. The molecule has 61 heavy (non-hydrogen) atoms. The maximum Gasteiger partial charge on any atom is 0.472 e. The fraction of sp³-hybridized carbons (Fsp3) is 0.667. The van der Waals surface area contributed by atoms with Gasteiger partial charge in [-0.3, -0.25) is 18.6 Å². The molecule has 350 valence electrons. The second-order valence-electron chi connectivity index (χ2n) is 15.1. The third kappa shape index (κ3) is 42.2. The molecule has 12 nitrogen and oxygen atoms in total. The topological polar surface area (TPSA) is 189 Å². The summed E-state index contributed by atoms with van der Waals surface area (Å²) in [6.45, 7) is 1.95. The van der Waals surface area contributed by atoms with Crippen molar-refractivity contribution in [3.63, 3.8) is 0 Å². The number of phosphoric acid groups is 1.